The molecule has 0 bridgehead atoms. The van der Waals surface area contributed by atoms with Crippen LogP contribution >= 0.6 is 22.9 Å². The van der Waals surface area contributed by atoms with Gasteiger partial charge in [-0.3, -0.25) is 9.59 Å². The Morgan fingerprint density at radius 1 is 1.04 bits per heavy atom. The maximum atomic E-state index is 12.5. The van der Waals surface area contributed by atoms with Gasteiger partial charge in [0.05, 0.1) is 0 Å². The first kappa shape index (κ1) is 17.7. The molecular weight excluding hydrogens is 382 g/mol. The predicted molar refractivity (Wildman–Crippen MR) is 108 cm³/mol. The Hall–Kier alpha value is -2.70. The molecule has 1 aromatic heterocycles. The molecule has 2 aromatic carbocycles. The Labute approximate surface area is 165 Å². The number of carbonyl (C=O) groups excluding carboxylic acids is 2. The summed E-state index contributed by atoms with van der Waals surface area (Å²) in [5.74, 6) is -0.132. The van der Waals surface area contributed by atoms with Gasteiger partial charge in [0.1, 0.15) is 10.7 Å². The Kier molecular flexibility index (Phi) is 4.92. The molecule has 27 heavy (non-hydrogen) atoms. The lowest BCUT2D eigenvalue weighted by Gasteiger charge is -2.07. The van der Waals surface area contributed by atoms with E-state index < -0.39 is 0 Å². The molecule has 0 radical (unpaired) electrons. The van der Waals surface area contributed by atoms with Gasteiger partial charge in [-0.1, -0.05) is 29.8 Å². The third kappa shape index (κ3) is 4.35. The summed E-state index contributed by atoms with van der Waals surface area (Å²) in [6.45, 7) is 0. The summed E-state index contributed by atoms with van der Waals surface area (Å²) in [5, 5.41) is 8.82. The fourth-order valence-corrected chi connectivity index (χ4v) is 3.49. The lowest BCUT2D eigenvalue weighted by molar-refractivity contribution is -0.117. The number of amides is 2. The van der Waals surface area contributed by atoms with Gasteiger partial charge in [0.25, 0.3) is 5.91 Å². The van der Waals surface area contributed by atoms with E-state index in [0.29, 0.717) is 22.1 Å². The van der Waals surface area contributed by atoms with Gasteiger partial charge in [0, 0.05) is 33.3 Å². The first-order chi connectivity index (χ1) is 13.1. The zero-order chi connectivity index (χ0) is 18.8. The lowest BCUT2D eigenvalue weighted by Crippen LogP contribution is -2.15. The molecule has 0 aliphatic heterocycles. The van der Waals surface area contributed by atoms with Crippen LogP contribution in [0.15, 0.2) is 53.9 Å². The van der Waals surface area contributed by atoms with E-state index in [1.807, 2.05) is 12.1 Å². The number of thiazole rings is 1. The number of anilines is 2. The predicted octanol–water partition coefficient (Wildman–Crippen LogP) is 5.06. The van der Waals surface area contributed by atoms with Crippen LogP contribution in [0.5, 0.6) is 0 Å². The Morgan fingerprint density at radius 2 is 1.74 bits per heavy atom. The van der Waals surface area contributed by atoms with Crippen LogP contribution in [0.2, 0.25) is 5.02 Å². The van der Waals surface area contributed by atoms with E-state index in [1.165, 1.54) is 11.3 Å². The summed E-state index contributed by atoms with van der Waals surface area (Å²) in [6.07, 6.45) is 1.89. The number of nitrogens with zero attached hydrogens (tertiary/aromatic N) is 1. The maximum absolute atomic E-state index is 12.5. The first-order valence-electron chi connectivity index (χ1n) is 8.52. The van der Waals surface area contributed by atoms with E-state index in [2.05, 4.69) is 15.6 Å². The molecule has 136 valence electrons. The fraction of sp³-hybridized carbons (Fsp3) is 0.150. The number of hydrogen-bond donors (Lipinski definition) is 2. The molecule has 0 saturated heterocycles. The molecule has 3 aromatic rings. The summed E-state index contributed by atoms with van der Waals surface area (Å²) in [6, 6.07) is 14.4. The van der Waals surface area contributed by atoms with Crippen molar-refractivity contribution < 1.29 is 9.59 Å². The summed E-state index contributed by atoms with van der Waals surface area (Å²) in [5.41, 5.74) is 2.53. The smallest absolute Gasteiger partial charge is 0.275 e. The fourth-order valence-electron chi connectivity index (χ4n) is 2.56. The Bertz CT molecular complexity index is 996. The minimum absolute atomic E-state index is 0.0329. The van der Waals surface area contributed by atoms with E-state index in [0.717, 1.165) is 23.4 Å². The minimum atomic E-state index is -0.294. The SMILES string of the molecule is O=C(Nc1cccc(NC(=O)C2CC2)c1)c1csc(-c2ccc(Cl)cc2)n1. The van der Waals surface area contributed by atoms with Gasteiger partial charge in [-0.05, 0) is 43.2 Å². The van der Waals surface area contributed by atoms with Crippen LogP contribution in [0.3, 0.4) is 0 Å². The number of rotatable bonds is 5. The molecule has 4 rings (SSSR count). The molecule has 1 fully saturated rings. The van der Waals surface area contributed by atoms with Crippen molar-refractivity contribution in [1.82, 2.24) is 4.98 Å². The molecule has 0 unspecified atom stereocenters. The second-order valence-corrected chi connectivity index (χ2v) is 7.64. The molecule has 0 atom stereocenters. The molecule has 7 heteroatoms. The van der Waals surface area contributed by atoms with Crippen LogP contribution in [-0.2, 0) is 4.79 Å². The van der Waals surface area contributed by atoms with Crippen LogP contribution in [0, 0.1) is 5.92 Å². The molecule has 1 aliphatic rings. The average molecular weight is 398 g/mol. The van der Waals surface area contributed by atoms with E-state index >= 15 is 0 Å². The highest BCUT2D eigenvalue weighted by atomic mass is 35.5. The highest BCUT2D eigenvalue weighted by molar-refractivity contribution is 7.13. The standard InChI is InChI=1S/C20H16ClN3O2S/c21-14-8-6-13(7-9-14)20-24-17(11-27-20)19(26)23-16-3-1-2-15(10-16)22-18(25)12-4-5-12/h1-3,6-12H,4-5H2,(H,22,25)(H,23,26). The van der Waals surface area contributed by atoms with Crippen molar-refractivity contribution >= 4 is 46.1 Å². The molecule has 1 saturated carbocycles. The molecule has 2 N–H and O–H groups in total. The zero-order valence-corrected chi connectivity index (χ0v) is 15.8. The molecule has 5 nitrogen and oxygen atoms in total. The highest BCUT2D eigenvalue weighted by Gasteiger charge is 2.29. The molecule has 1 heterocycles. The third-order valence-corrected chi connectivity index (χ3v) is 5.31. The van der Waals surface area contributed by atoms with Gasteiger partial charge in [-0.15, -0.1) is 11.3 Å². The average Bonchev–Trinajstić information content (AvgIpc) is 3.40. The van der Waals surface area contributed by atoms with Gasteiger partial charge in [0.2, 0.25) is 5.91 Å². The summed E-state index contributed by atoms with van der Waals surface area (Å²) in [4.78, 5) is 28.8. The van der Waals surface area contributed by atoms with Crippen molar-refractivity contribution in [2.45, 2.75) is 12.8 Å². The van der Waals surface area contributed by atoms with Gasteiger partial charge < -0.3 is 10.6 Å². The maximum Gasteiger partial charge on any atom is 0.275 e. The van der Waals surface area contributed by atoms with E-state index in [4.69, 9.17) is 11.6 Å². The van der Waals surface area contributed by atoms with Crippen LogP contribution in [0.25, 0.3) is 10.6 Å². The number of carbonyl (C=O) groups is 2. The number of aromatic nitrogens is 1. The van der Waals surface area contributed by atoms with Gasteiger partial charge >= 0.3 is 0 Å². The number of benzene rings is 2. The van der Waals surface area contributed by atoms with Gasteiger partial charge in [-0.25, -0.2) is 4.98 Å². The number of hydrogen-bond acceptors (Lipinski definition) is 4. The molecule has 0 spiro atoms. The molecule has 2 amide bonds. The first-order valence-corrected chi connectivity index (χ1v) is 9.78. The summed E-state index contributed by atoms with van der Waals surface area (Å²) in [7, 11) is 0. The topological polar surface area (TPSA) is 71.1 Å². The van der Waals surface area contributed by atoms with Crippen LogP contribution in [0.1, 0.15) is 23.3 Å². The van der Waals surface area contributed by atoms with Crippen LogP contribution in [0.4, 0.5) is 11.4 Å². The second kappa shape index (κ2) is 7.50. The van der Waals surface area contributed by atoms with Crippen LogP contribution < -0.4 is 10.6 Å². The van der Waals surface area contributed by atoms with Crippen molar-refractivity contribution in [3.63, 3.8) is 0 Å². The van der Waals surface area contributed by atoms with E-state index in [-0.39, 0.29) is 17.7 Å². The Morgan fingerprint density at radius 3 is 2.44 bits per heavy atom. The highest BCUT2D eigenvalue weighted by Crippen LogP contribution is 2.30. The van der Waals surface area contributed by atoms with Crippen molar-refractivity contribution in [2.75, 3.05) is 10.6 Å². The summed E-state index contributed by atoms with van der Waals surface area (Å²) >= 11 is 7.30. The molecule has 1 aliphatic carbocycles. The van der Waals surface area contributed by atoms with Crippen LogP contribution in [-0.4, -0.2) is 16.8 Å². The largest absolute Gasteiger partial charge is 0.326 e. The lowest BCUT2D eigenvalue weighted by atomic mass is 10.2. The quantitative estimate of drug-likeness (QED) is 0.631. The number of halogens is 1. The van der Waals surface area contributed by atoms with Gasteiger partial charge in [0.15, 0.2) is 0 Å². The number of nitrogens with one attached hydrogen (secondary N) is 2. The minimum Gasteiger partial charge on any atom is -0.326 e. The molecular formula is C20H16ClN3O2S. The zero-order valence-electron chi connectivity index (χ0n) is 14.2. The second-order valence-electron chi connectivity index (χ2n) is 6.34. The van der Waals surface area contributed by atoms with Crippen molar-refractivity contribution in [2.24, 2.45) is 5.92 Å². The normalized spacial score (nSPS) is 13.2. The van der Waals surface area contributed by atoms with E-state index in [1.54, 1.807) is 41.8 Å². The van der Waals surface area contributed by atoms with Gasteiger partial charge in [-0.2, -0.15) is 0 Å². The van der Waals surface area contributed by atoms with Crippen molar-refractivity contribution in [3.05, 3.63) is 64.6 Å². The van der Waals surface area contributed by atoms with Crippen molar-refractivity contribution in [3.8, 4) is 10.6 Å². The third-order valence-electron chi connectivity index (χ3n) is 4.16. The monoisotopic (exact) mass is 397 g/mol. The summed E-state index contributed by atoms with van der Waals surface area (Å²) < 4.78 is 0. The van der Waals surface area contributed by atoms with E-state index in [9.17, 15) is 9.59 Å². The van der Waals surface area contributed by atoms with Crippen molar-refractivity contribution in [1.29, 1.82) is 0 Å². The Balaban J connectivity index is 1.44.